The predicted molar refractivity (Wildman–Crippen MR) is 19.1 cm³/mol. The molecule has 0 unspecified atom stereocenters. The Balaban J connectivity index is 3.68. The summed E-state index contributed by atoms with van der Waals surface area (Å²) in [4.78, 5) is 0. The van der Waals surface area contributed by atoms with Crippen molar-refractivity contribution in [3.05, 3.63) is 11.8 Å². The van der Waals surface area contributed by atoms with Gasteiger partial charge in [-0.05, 0) is 6.92 Å². The molecule has 0 saturated carbocycles. The van der Waals surface area contributed by atoms with Crippen LogP contribution < -0.4 is 5.73 Å². The lowest BCUT2D eigenvalue weighted by Crippen LogP contribution is -1.90. The normalized spacial score (nSPS) is 7.83. The molecule has 0 amide bonds. The third-order valence-electron chi connectivity index (χ3n) is 0.298. The van der Waals surface area contributed by atoms with Crippen molar-refractivity contribution in [3.8, 4) is 0 Å². The van der Waals surface area contributed by atoms with Gasteiger partial charge in [0, 0.05) is 0 Å². The van der Waals surface area contributed by atoms with Crippen molar-refractivity contribution in [1.82, 2.24) is 0 Å². The lowest BCUT2D eigenvalue weighted by Gasteiger charge is -1.79. The lowest BCUT2D eigenvalue weighted by molar-refractivity contribution is 0.411. The van der Waals surface area contributed by atoms with Crippen LogP contribution in [0.3, 0.4) is 0 Å². The zero-order valence-electron chi connectivity index (χ0n) is 3.33. The van der Waals surface area contributed by atoms with Gasteiger partial charge in [-0.2, -0.15) is 8.78 Å². The quantitative estimate of drug-likeness (QED) is 0.476. The van der Waals surface area contributed by atoms with Crippen molar-refractivity contribution in [3.63, 3.8) is 0 Å². The Kier molecular flexibility index (Phi) is 1.57. The van der Waals surface area contributed by atoms with Gasteiger partial charge in [0.25, 0.3) is 6.08 Å². The maximum atomic E-state index is 10.9. The van der Waals surface area contributed by atoms with Crippen LogP contribution in [-0.4, -0.2) is 0 Å². The van der Waals surface area contributed by atoms with Crippen LogP contribution in [0.5, 0.6) is 0 Å². The molecule has 2 N–H and O–H groups in total. The second kappa shape index (κ2) is 1.74. The first-order chi connectivity index (χ1) is 2.64. The summed E-state index contributed by atoms with van der Waals surface area (Å²) in [7, 11) is 0. The molecule has 0 aliphatic heterocycles. The molecule has 6 heavy (non-hydrogen) atoms. The van der Waals surface area contributed by atoms with E-state index in [1.54, 1.807) is 0 Å². The number of allylic oxidation sites excluding steroid dienone is 1. The van der Waals surface area contributed by atoms with Crippen LogP contribution in [0.1, 0.15) is 6.92 Å². The molecule has 0 saturated heterocycles. The molecule has 0 bridgehead atoms. The molecule has 0 heterocycles. The third kappa shape index (κ3) is 1.69. The Labute approximate surface area is 34.5 Å². The largest absolute Gasteiger partial charge is 0.398 e. The Morgan fingerprint density at radius 2 is 1.67 bits per heavy atom. The molecule has 0 aromatic heterocycles. The predicted octanol–water partition coefficient (Wildman–Crippen LogP) is 1.07. The van der Waals surface area contributed by atoms with E-state index >= 15 is 0 Å². The molecule has 36 valence electrons. The molecule has 1 nitrogen and oxygen atoms in total. The van der Waals surface area contributed by atoms with Crippen LogP contribution in [0.2, 0.25) is 0 Å². The van der Waals surface area contributed by atoms with E-state index in [2.05, 4.69) is 5.73 Å². The summed E-state index contributed by atoms with van der Waals surface area (Å²) < 4.78 is 21.8. The van der Waals surface area contributed by atoms with Crippen LogP contribution in [0.25, 0.3) is 0 Å². The van der Waals surface area contributed by atoms with Crippen molar-refractivity contribution >= 4 is 0 Å². The zero-order valence-corrected chi connectivity index (χ0v) is 3.33. The zero-order chi connectivity index (χ0) is 5.15. The molecule has 0 rings (SSSR count). The second-order valence-electron chi connectivity index (χ2n) is 0.943. The van der Waals surface area contributed by atoms with Crippen LogP contribution in [0.4, 0.5) is 8.78 Å². The highest BCUT2D eigenvalue weighted by Gasteiger charge is 1.87. The highest BCUT2D eigenvalue weighted by atomic mass is 19.3. The van der Waals surface area contributed by atoms with Crippen molar-refractivity contribution in [2.45, 2.75) is 6.92 Å². The summed E-state index contributed by atoms with van der Waals surface area (Å²) in [6, 6.07) is 0. The van der Waals surface area contributed by atoms with E-state index < -0.39 is 11.8 Å². The SMILES string of the molecule is CC(N)=C(F)F. The maximum Gasteiger partial charge on any atom is 0.288 e. The number of hydrogen-bond acceptors (Lipinski definition) is 1. The van der Waals surface area contributed by atoms with Gasteiger partial charge in [0.2, 0.25) is 0 Å². The number of halogens is 2. The topological polar surface area (TPSA) is 26.0 Å². The highest BCUT2D eigenvalue weighted by Crippen LogP contribution is 1.98. The van der Waals surface area contributed by atoms with Gasteiger partial charge >= 0.3 is 0 Å². The smallest absolute Gasteiger partial charge is 0.288 e. The van der Waals surface area contributed by atoms with E-state index in [-0.39, 0.29) is 0 Å². The lowest BCUT2D eigenvalue weighted by atomic mass is 10.6. The average Bonchev–Trinajstić information content (AvgIpc) is 1.36. The first-order valence-electron chi connectivity index (χ1n) is 1.42. The van der Waals surface area contributed by atoms with Crippen LogP contribution in [0, 0.1) is 0 Å². The molecule has 0 aromatic rings. The number of rotatable bonds is 0. The van der Waals surface area contributed by atoms with Crippen LogP contribution in [0.15, 0.2) is 11.8 Å². The minimum absolute atomic E-state index is 0.407. The molecule has 3 heteroatoms. The van der Waals surface area contributed by atoms with Gasteiger partial charge in [-0.15, -0.1) is 0 Å². The fraction of sp³-hybridized carbons (Fsp3) is 0.333. The van der Waals surface area contributed by atoms with E-state index in [9.17, 15) is 8.78 Å². The van der Waals surface area contributed by atoms with Crippen molar-refractivity contribution in [1.29, 1.82) is 0 Å². The fourth-order valence-electron chi connectivity index (χ4n) is 0. The van der Waals surface area contributed by atoms with Gasteiger partial charge in [0.05, 0.1) is 5.70 Å². The van der Waals surface area contributed by atoms with E-state index in [4.69, 9.17) is 0 Å². The van der Waals surface area contributed by atoms with E-state index in [0.29, 0.717) is 0 Å². The standard InChI is InChI=1S/C3H5F2N/c1-2(6)3(4)5/h6H2,1H3. The Morgan fingerprint density at radius 3 is 1.67 bits per heavy atom. The number of hydrogen-bond donors (Lipinski definition) is 1. The van der Waals surface area contributed by atoms with Gasteiger partial charge in [0.15, 0.2) is 0 Å². The Hall–Kier alpha value is -0.600. The molecular formula is C3H5F2N. The van der Waals surface area contributed by atoms with Gasteiger partial charge < -0.3 is 5.73 Å². The Morgan fingerprint density at radius 1 is 1.50 bits per heavy atom. The molecular weight excluding hydrogens is 88.0 g/mol. The second-order valence-corrected chi connectivity index (χ2v) is 0.943. The summed E-state index contributed by atoms with van der Waals surface area (Å²) >= 11 is 0. The van der Waals surface area contributed by atoms with Gasteiger partial charge in [-0.3, -0.25) is 0 Å². The Bertz CT molecular complexity index is 58.9. The first-order valence-corrected chi connectivity index (χ1v) is 1.42. The minimum Gasteiger partial charge on any atom is -0.398 e. The van der Waals surface area contributed by atoms with E-state index in [0.717, 1.165) is 6.92 Å². The van der Waals surface area contributed by atoms with Crippen molar-refractivity contribution < 1.29 is 8.78 Å². The van der Waals surface area contributed by atoms with Gasteiger partial charge in [0.1, 0.15) is 0 Å². The molecule has 0 aliphatic carbocycles. The molecule has 0 aromatic carbocycles. The summed E-state index contributed by atoms with van der Waals surface area (Å²) in [5.41, 5.74) is 4.16. The number of nitrogens with two attached hydrogens (primary N) is 1. The molecule has 0 fully saturated rings. The minimum atomic E-state index is -1.80. The van der Waals surface area contributed by atoms with Crippen LogP contribution in [-0.2, 0) is 0 Å². The monoisotopic (exact) mass is 93.0 g/mol. The third-order valence-corrected chi connectivity index (χ3v) is 0.298. The molecule has 0 atom stereocenters. The molecule has 0 aliphatic rings. The maximum absolute atomic E-state index is 10.9. The summed E-state index contributed by atoms with van der Waals surface area (Å²) in [5, 5.41) is 0. The van der Waals surface area contributed by atoms with Crippen molar-refractivity contribution in [2.75, 3.05) is 0 Å². The van der Waals surface area contributed by atoms with E-state index in [1.807, 2.05) is 0 Å². The molecule has 0 radical (unpaired) electrons. The summed E-state index contributed by atoms with van der Waals surface area (Å²) in [6.07, 6.45) is -1.80. The van der Waals surface area contributed by atoms with Gasteiger partial charge in [-0.25, -0.2) is 0 Å². The van der Waals surface area contributed by atoms with Crippen molar-refractivity contribution in [2.24, 2.45) is 5.73 Å². The fourth-order valence-corrected chi connectivity index (χ4v) is 0. The summed E-state index contributed by atoms with van der Waals surface area (Å²) in [5.74, 6) is 0. The van der Waals surface area contributed by atoms with E-state index in [1.165, 1.54) is 0 Å². The summed E-state index contributed by atoms with van der Waals surface area (Å²) in [6.45, 7) is 1.15. The van der Waals surface area contributed by atoms with Gasteiger partial charge in [-0.1, -0.05) is 0 Å². The molecule has 0 spiro atoms. The van der Waals surface area contributed by atoms with Crippen LogP contribution >= 0.6 is 0 Å². The first kappa shape index (κ1) is 5.40. The highest BCUT2D eigenvalue weighted by molar-refractivity contribution is 4.90. The average molecular weight is 93.1 g/mol.